The van der Waals surface area contributed by atoms with Gasteiger partial charge in [0.05, 0.1) is 0 Å². The summed E-state index contributed by atoms with van der Waals surface area (Å²) in [7, 11) is 0. The number of hydrogen-bond donors (Lipinski definition) is 1. The minimum Gasteiger partial charge on any atom is -0.277 e. The molecule has 15 heavy (non-hydrogen) atoms. The van der Waals surface area contributed by atoms with Crippen LogP contribution in [0.25, 0.3) is 0 Å². The van der Waals surface area contributed by atoms with Crippen molar-refractivity contribution in [2.45, 2.75) is 19.3 Å². The molecule has 1 saturated carbocycles. The summed E-state index contributed by atoms with van der Waals surface area (Å²) in [6, 6.07) is -0.655. The van der Waals surface area contributed by atoms with Crippen molar-refractivity contribution in [2.24, 2.45) is 5.41 Å². The van der Waals surface area contributed by atoms with Crippen molar-refractivity contribution in [2.75, 3.05) is 6.54 Å². The molecule has 1 heterocycles. The normalized spacial score (nSPS) is 22.6. The molecule has 2 rings (SSSR count). The third-order valence-electron chi connectivity index (χ3n) is 2.78. The molecule has 1 spiro atoms. The number of imide groups is 2. The number of carbonyl (C=O) groups excluding carboxylic acids is 3. The van der Waals surface area contributed by atoms with Gasteiger partial charge < -0.3 is 0 Å². The fourth-order valence-corrected chi connectivity index (χ4v) is 1.68. The summed E-state index contributed by atoms with van der Waals surface area (Å²) in [4.78, 5) is 35.6. The van der Waals surface area contributed by atoms with Gasteiger partial charge >= 0.3 is 6.03 Å². The number of rotatable bonds is 2. The molecule has 1 N–H and O–H groups in total. The van der Waals surface area contributed by atoms with Gasteiger partial charge in [-0.25, -0.2) is 4.79 Å². The maximum atomic E-state index is 11.8. The molecule has 0 bridgehead atoms. The maximum absolute atomic E-state index is 11.8. The van der Waals surface area contributed by atoms with Gasteiger partial charge in [0, 0.05) is 13.0 Å². The molecule has 1 aliphatic heterocycles. The van der Waals surface area contributed by atoms with Gasteiger partial charge in [-0.3, -0.25) is 19.8 Å². The molecule has 0 radical (unpaired) electrons. The SMILES string of the molecule is C#CCCN1C(=O)NC(=O)C2(CC2)C1=O. The van der Waals surface area contributed by atoms with Gasteiger partial charge in [0.25, 0.3) is 0 Å². The molecule has 2 fully saturated rings. The Bertz CT molecular complexity index is 390. The average Bonchev–Trinajstić information content (AvgIpc) is 2.96. The van der Waals surface area contributed by atoms with Crippen molar-refractivity contribution in [3.05, 3.63) is 0 Å². The number of urea groups is 1. The fraction of sp³-hybridized carbons (Fsp3) is 0.500. The standard InChI is InChI=1S/C10H10N2O3/c1-2-3-6-12-8(14)10(4-5-10)7(13)11-9(12)15/h1H,3-6H2,(H,11,13,15). The smallest absolute Gasteiger partial charge is 0.277 e. The highest BCUT2D eigenvalue weighted by Crippen LogP contribution is 2.48. The van der Waals surface area contributed by atoms with E-state index in [1.165, 1.54) is 0 Å². The van der Waals surface area contributed by atoms with Crippen LogP contribution >= 0.6 is 0 Å². The molecule has 0 aromatic heterocycles. The molecule has 2 aliphatic rings. The summed E-state index contributed by atoms with van der Waals surface area (Å²) in [5.74, 6) is 1.50. The lowest BCUT2D eigenvalue weighted by atomic mass is 10.0. The zero-order chi connectivity index (χ0) is 11.1. The summed E-state index contributed by atoms with van der Waals surface area (Å²) in [6.45, 7) is 0.177. The van der Waals surface area contributed by atoms with Gasteiger partial charge in [-0.1, -0.05) is 0 Å². The van der Waals surface area contributed by atoms with Crippen LogP contribution in [0.3, 0.4) is 0 Å². The molecular weight excluding hydrogens is 196 g/mol. The highest BCUT2D eigenvalue weighted by molar-refractivity contribution is 6.20. The molecule has 1 saturated heterocycles. The van der Waals surface area contributed by atoms with Crippen molar-refractivity contribution in [3.63, 3.8) is 0 Å². The predicted molar refractivity (Wildman–Crippen MR) is 50.4 cm³/mol. The van der Waals surface area contributed by atoms with E-state index in [0.717, 1.165) is 4.90 Å². The van der Waals surface area contributed by atoms with Crippen LogP contribution in [0.1, 0.15) is 19.3 Å². The molecule has 5 heteroatoms. The Balaban J connectivity index is 2.18. The number of terminal acetylenes is 1. The van der Waals surface area contributed by atoms with Gasteiger partial charge in [0.15, 0.2) is 0 Å². The zero-order valence-electron chi connectivity index (χ0n) is 8.08. The first-order valence-electron chi connectivity index (χ1n) is 4.73. The maximum Gasteiger partial charge on any atom is 0.330 e. The van der Waals surface area contributed by atoms with Gasteiger partial charge in [0.2, 0.25) is 11.8 Å². The van der Waals surface area contributed by atoms with Crippen LogP contribution in [0.15, 0.2) is 0 Å². The van der Waals surface area contributed by atoms with Crippen LogP contribution in [0.2, 0.25) is 0 Å². The minimum atomic E-state index is -0.956. The second-order valence-electron chi connectivity index (χ2n) is 3.75. The lowest BCUT2D eigenvalue weighted by molar-refractivity contribution is -0.144. The molecule has 0 aromatic carbocycles. The third-order valence-corrected chi connectivity index (χ3v) is 2.78. The van der Waals surface area contributed by atoms with Crippen molar-refractivity contribution in [1.29, 1.82) is 0 Å². The van der Waals surface area contributed by atoms with E-state index < -0.39 is 23.3 Å². The largest absolute Gasteiger partial charge is 0.330 e. The Morgan fingerprint density at radius 3 is 2.60 bits per heavy atom. The molecular formula is C10H10N2O3. The average molecular weight is 206 g/mol. The Morgan fingerprint density at radius 2 is 2.07 bits per heavy atom. The second kappa shape index (κ2) is 3.09. The van der Waals surface area contributed by atoms with E-state index in [2.05, 4.69) is 11.2 Å². The highest BCUT2D eigenvalue weighted by Gasteiger charge is 2.61. The highest BCUT2D eigenvalue weighted by atomic mass is 16.2. The topological polar surface area (TPSA) is 66.5 Å². The summed E-state index contributed by atoms with van der Waals surface area (Å²) in [5, 5.41) is 2.18. The Morgan fingerprint density at radius 1 is 1.40 bits per heavy atom. The fourth-order valence-electron chi connectivity index (χ4n) is 1.68. The molecule has 0 atom stereocenters. The first kappa shape index (κ1) is 9.71. The van der Waals surface area contributed by atoms with E-state index in [9.17, 15) is 14.4 Å². The Kier molecular flexibility index (Phi) is 2.00. The summed E-state index contributed by atoms with van der Waals surface area (Å²) in [6.07, 6.45) is 6.42. The second-order valence-corrected chi connectivity index (χ2v) is 3.75. The minimum absolute atomic E-state index is 0.177. The molecule has 0 aromatic rings. The number of hydrogen-bond acceptors (Lipinski definition) is 3. The number of nitrogens with one attached hydrogen (secondary N) is 1. The van der Waals surface area contributed by atoms with Crippen LogP contribution in [0, 0.1) is 17.8 Å². The van der Waals surface area contributed by atoms with Crippen LogP contribution in [-0.4, -0.2) is 29.3 Å². The Labute approximate surface area is 86.8 Å². The van der Waals surface area contributed by atoms with Crippen molar-refractivity contribution < 1.29 is 14.4 Å². The molecule has 1 aliphatic carbocycles. The van der Waals surface area contributed by atoms with Crippen LogP contribution < -0.4 is 5.32 Å². The zero-order valence-corrected chi connectivity index (χ0v) is 8.08. The van der Waals surface area contributed by atoms with Gasteiger partial charge in [-0.05, 0) is 12.8 Å². The van der Waals surface area contributed by atoms with Crippen molar-refractivity contribution >= 4 is 17.8 Å². The molecule has 4 amide bonds. The van der Waals surface area contributed by atoms with E-state index in [1.54, 1.807) is 0 Å². The van der Waals surface area contributed by atoms with E-state index in [-0.39, 0.29) is 6.54 Å². The molecule has 78 valence electrons. The van der Waals surface area contributed by atoms with Gasteiger partial charge in [-0.15, -0.1) is 12.3 Å². The monoisotopic (exact) mass is 206 g/mol. The lowest BCUT2D eigenvalue weighted by Crippen LogP contribution is -2.59. The predicted octanol–water partition coefficient (Wildman–Crippen LogP) is -0.132. The van der Waals surface area contributed by atoms with E-state index in [1.807, 2.05) is 0 Å². The van der Waals surface area contributed by atoms with E-state index in [0.29, 0.717) is 19.3 Å². The molecule has 5 nitrogen and oxygen atoms in total. The van der Waals surface area contributed by atoms with Crippen molar-refractivity contribution in [1.82, 2.24) is 10.2 Å². The number of amides is 4. The Hall–Kier alpha value is -1.83. The summed E-state index contributed by atoms with van der Waals surface area (Å²) in [5.41, 5.74) is -0.956. The number of nitrogens with zero attached hydrogens (tertiary/aromatic N) is 1. The quantitative estimate of drug-likeness (QED) is 0.505. The van der Waals surface area contributed by atoms with Crippen LogP contribution in [0.4, 0.5) is 4.79 Å². The number of barbiturate groups is 1. The number of carbonyl (C=O) groups is 3. The summed E-state index contributed by atoms with van der Waals surface area (Å²) >= 11 is 0. The van der Waals surface area contributed by atoms with Gasteiger partial charge in [0.1, 0.15) is 5.41 Å². The summed E-state index contributed by atoms with van der Waals surface area (Å²) < 4.78 is 0. The van der Waals surface area contributed by atoms with E-state index >= 15 is 0 Å². The van der Waals surface area contributed by atoms with Crippen molar-refractivity contribution in [3.8, 4) is 12.3 Å². The van der Waals surface area contributed by atoms with Crippen LogP contribution in [-0.2, 0) is 9.59 Å². The first-order chi connectivity index (χ1) is 7.12. The third kappa shape index (κ3) is 1.30. The van der Waals surface area contributed by atoms with Crippen LogP contribution in [0.5, 0.6) is 0 Å². The van der Waals surface area contributed by atoms with E-state index in [4.69, 9.17) is 6.42 Å². The first-order valence-corrected chi connectivity index (χ1v) is 4.73. The molecule has 0 unspecified atom stereocenters. The lowest BCUT2D eigenvalue weighted by Gasteiger charge is -2.29. The van der Waals surface area contributed by atoms with Gasteiger partial charge in [-0.2, -0.15) is 0 Å².